The van der Waals surface area contributed by atoms with Crippen LogP contribution < -0.4 is 5.32 Å². The van der Waals surface area contributed by atoms with Gasteiger partial charge in [0.1, 0.15) is 0 Å². The molecule has 2 unspecified atom stereocenters. The standard InChI is InChI=1S/C16H33N3O/c1-4-8-17-16(13-20,14-6-7-14)12-19-10-9-18(3)15(5-2)11-19/h14-15,17,20H,4-13H2,1-3H3. The van der Waals surface area contributed by atoms with E-state index in [4.69, 9.17) is 0 Å². The molecule has 2 N–H and O–H groups in total. The van der Waals surface area contributed by atoms with E-state index in [2.05, 4.69) is 36.0 Å². The first-order valence-electron chi connectivity index (χ1n) is 8.43. The van der Waals surface area contributed by atoms with Gasteiger partial charge in [0.2, 0.25) is 0 Å². The van der Waals surface area contributed by atoms with Crippen molar-refractivity contribution in [3.05, 3.63) is 0 Å². The Morgan fingerprint density at radius 3 is 2.55 bits per heavy atom. The van der Waals surface area contributed by atoms with E-state index in [1.165, 1.54) is 19.3 Å². The molecule has 0 amide bonds. The lowest BCUT2D eigenvalue weighted by atomic mass is 9.92. The first-order valence-corrected chi connectivity index (χ1v) is 8.43. The van der Waals surface area contributed by atoms with Crippen molar-refractivity contribution in [1.29, 1.82) is 0 Å². The van der Waals surface area contributed by atoms with Gasteiger partial charge in [-0.15, -0.1) is 0 Å². The number of aliphatic hydroxyl groups excluding tert-OH is 1. The Hall–Kier alpha value is -0.160. The van der Waals surface area contributed by atoms with Crippen molar-refractivity contribution in [1.82, 2.24) is 15.1 Å². The van der Waals surface area contributed by atoms with Crippen molar-refractivity contribution >= 4 is 0 Å². The molecule has 0 spiro atoms. The number of piperazine rings is 1. The Balaban J connectivity index is 1.96. The minimum atomic E-state index is -0.0514. The SMILES string of the molecule is CCCNC(CO)(CN1CCN(C)C(CC)C1)C1CC1. The molecular formula is C16H33N3O. The minimum Gasteiger partial charge on any atom is -0.394 e. The first kappa shape index (κ1) is 16.2. The van der Waals surface area contributed by atoms with Crippen LogP contribution in [0.1, 0.15) is 39.5 Å². The van der Waals surface area contributed by atoms with Gasteiger partial charge < -0.3 is 15.3 Å². The van der Waals surface area contributed by atoms with Crippen LogP contribution in [-0.4, -0.2) is 72.9 Å². The second-order valence-electron chi connectivity index (χ2n) is 6.79. The molecule has 20 heavy (non-hydrogen) atoms. The predicted octanol–water partition coefficient (Wildman–Crippen LogP) is 1.15. The molecule has 1 aliphatic heterocycles. The number of aliphatic hydroxyl groups is 1. The largest absolute Gasteiger partial charge is 0.394 e. The molecule has 1 heterocycles. The molecule has 4 nitrogen and oxygen atoms in total. The molecule has 0 radical (unpaired) electrons. The van der Waals surface area contributed by atoms with Crippen molar-refractivity contribution < 1.29 is 5.11 Å². The lowest BCUT2D eigenvalue weighted by molar-refractivity contribution is 0.0413. The number of nitrogens with zero attached hydrogens (tertiary/aromatic N) is 2. The van der Waals surface area contributed by atoms with Crippen LogP contribution in [0.2, 0.25) is 0 Å². The molecule has 1 saturated heterocycles. The van der Waals surface area contributed by atoms with Gasteiger partial charge in [0.05, 0.1) is 12.1 Å². The average Bonchev–Trinajstić information content (AvgIpc) is 3.30. The predicted molar refractivity (Wildman–Crippen MR) is 84.0 cm³/mol. The zero-order chi connectivity index (χ0) is 14.6. The van der Waals surface area contributed by atoms with Gasteiger partial charge >= 0.3 is 0 Å². The van der Waals surface area contributed by atoms with E-state index < -0.39 is 0 Å². The lowest BCUT2D eigenvalue weighted by Gasteiger charge is -2.44. The fraction of sp³-hybridized carbons (Fsp3) is 1.00. The van der Waals surface area contributed by atoms with Gasteiger partial charge in [0.25, 0.3) is 0 Å². The molecule has 0 aromatic rings. The smallest absolute Gasteiger partial charge is 0.0628 e. The molecule has 0 bridgehead atoms. The molecule has 0 aromatic carbocycles. The lowest BCUT2D eigenvalue weighted by Crippen LogP contribution is -2.62. The molecule has 4 heteroatoms. The Bertz CT molecular complexity index is 295. The minimum absolute atomic E-state index is 0.0514. The highest BCUT2D eigenvalue weighted by molar-refractivity contribution is 5.03. The monoisotopic (exact) mass is 283 g/mol. The van der Waals surface area contributed by atoms with Crippen LogP contribution in [0.4, 0.5) is 0 Å². The number of hydrogen-bond acceptors (Lipinski definition) is 4. The van der Waals surface area contributed by atoms with Gasteiger partial charge in [-0.25, -0.2) is 0 Å². The van der Waals surface area contributed by atoms with Crippen LogP contribution in [0.5, 0.6) is 0 Å². The summed E-state index contributed by atoms with van der Waals surface area (Å²) >= 11 is 0. The van der Waals surface area contributed by atoms with Crippen molar-refractivity contribution in [2.45, 2.75) is 51.1 Å². The Labute approximate surface area is 124 Å². The highest BCUT2D eigenvalue weighted by Crippen LogP contribution is 2.40. The van der Waals surface area contributed by atoms with Crippen molar-refractivity contribution in [3.8, 4) is 0 Å². The van der Waals surface area contributed by atoms with E-state index in [-0.39, 0.29) is 12.1 Å². The summed E-state index contributed by atoms with van der Waals surface area (Å²) in [5, 5.41) is 13.7. The van der Waals surface area contributed by atoms with E-state index in [1.807, 2.05) is 0 Å². The molecule has 2 atom stereocenters. The van der Waals surface area contributed by atoms with E-state index in [0.717, 1.165) is 39.1 Å². The number of rotatable bonds is 8. The third-order valence-corrected chi connectivity index (χ3v) is 5.21. The van der Waals surface area contributed by atoms with Crippen LogP contribution in [0.3, 0.4) is 0 Å². The van der Waals surface area contributed by atoms with Crippen molar-refractivity contribution in [2.24, 2.45) is 5.92 Å². The number of hydrogen-bond donors (Lipinski definition) is 2. The number of nitrogens with one attached hydrogen (secondary N) is 1. The topological polar surface area (TPSA) is 38.7 Å². The first-order chi connectivity index (χ1) is 9.65. The Kier molecular flexibility index (Phi) is 5.84. The molecule has 1 saturated carbocycles. The highest BCUT2D eigenvalue weighted by atomic mass is 16.3. The van der Waals surface area contributed by atoms with Gasteiger partial charge in [-0.05, 0) is 45.2 Å². The normalized spacial score (nSPS) is 28.5. The maximum atomic E-state index is 10.0. The summed E-state index contributed by atoms with van der Waals surface area (Å²) in [6.45, 7) is 10.2. The van der Waals surface area contributed by atoms with Crippen molar-refractivity contribution in [3.63, 3.8) is 0 Å². The second-order valence-corrected chi connectivity index (χ2v) is 6.79. The molecule has 2 aliphatic rings. The van der Waals surface area contributed by atoms with E-state index in [9.17, 15) is 5.11 Å². The van der Waals surface area contributed by atoms with Gasteiger partial charge in [-0.2, -0.15) is 0 Å². The Morgan fingerprint density at radius 2 is 2.00 bits per heavy atom. The Morgan fingerprint density at radius 1 is 1.25 bits per heavy atom. The van der Waals surface area contributed by atoms with E-state index in [1.54, 1.807) is 0 Å². The van der Waals surface area contributed by atoms with Gasteiger partial charge in [-0.3, -0.25) is 4.90 Å². The maximum absolute atomic E-state index is 10.0. The zero-order valence-electron chi connectivity index (χ0n) is 13.6. The van der Waals surface area contributed by atoms with E-state index in [0.29, 0.717) is 12.0 Å². The van der Waals surface area contributed by atoms with Gasteiger partial charge in [-0.1, -0.05) is 13.8 Å². The third-order valence-electron chi connectivity index (χ3n) is 5.21. The summed E-state index contributed by atoms with van der Waals surface area (Å²) in [6.07, 6.45) is 4.91. The van der Waals surface area contributed by atoms with Gasteiger partial charge in [0.15, 0.2) is 0 Å². The molecular weight excluding hydrogens is 250 g/mol. The summed E-state index contributed by atoms with van der Waals surface area (Å²) in [5.74, 6) is 0.679. The highest BCUT2D eigenvalue weighted by Gasteiger charge is 2.45. The molecule has 0 aromatic heterocycles. The molecule has 118 valence electrons. The molecule has 1 aliphatic carbocycles. The fourth-order valence-corrected chi connectivity index (χ4v) is 3.57. The third kappa shape index (κ3) is 3.73. The zero-order valence-corrected chi connectivity index (χ0v) is 13.6. The molecule has 2 rings (SSSR count). The second kappa shape index (κ2) is 7.21. The maximum Gasteiger partial charge on any atom is 0.0628 e. The van der Waals surface area contributed by atoms with Crippen LogP contribution in [-0.2, 0) is 0 Å². The van der Waals surface area contributed by atoms with Gasteiger partial charge in [0, 0.05) is 32.2 Å². The van der Waals surface area contributed by atoms with Crippen molar-refractivity contribution in [2.75, 3.05) is 46.4 Å². The fourth-order valence-electron chi connectivity index (χ4n) is 3.57. The average molecular weight is 283 g/mol. The van der Waals surface area contributed by atoms with Crippen LogP contribution in [0, 0.1) is 5.92 Å². The molecule has 2 fully saturated rings. The summed E-state index contributed by atoms with van der Waals surface area (Å²) in [5.41, 5.74) is -0.0514. The van der Waals surface area contributed by atoms with Crippen LogP contribution in [0.15, 0.2) is 0 Å². The summed E-state index contributed by atoms with van der Waals surface area (Å²) in [4.78, 5) is 5.05. The van der Waals surface area contributed by atoms with Crippen LogP contribution in [0.25, 0.3) is 0 Å². The number of likely N-dealkylation sites (N-methyl/N-ethyl adjacent to an activating group) is 1. The van der Waals surface area contributed by atoms with Crippen LogP contribution >= 0.6 is 0 Å². The summed E-state index contributed by atoms with van der Waals surface area (Å²) in [7, 11) is 2.24. The quantitative estimate of drug-likeness (QED) is 0.701. The summed E-state index contributed by atoms with van der Waals surface area (Å²) in [6, 6.07) is 0.672. The van der Waals surface area contributed by atoms with E-state index >= 15 is 0 Å². The summed E-state index contributed by atoms with van der Waals surface area (Å²) < 4.78 is 0.